The molecule has 0 aliphatic heterocycles. The average molecular weight is 364 g/mol. The van der Waals surface area contributed by atoms with Crippen molar-refractivity contribution >= 4 is 23.6 Å². The van der Waals surface area contributed by atoms with Gasteiger partial charge in [0.25, 0.3) is 5.91 Å². The van der Waals surface area contributed by atoms with Crippen LogP contribution in [0.15, 0.2) is 54.1 Å². The third kappa shape index (κ3) is 6.01. The quantitative estimate of drug-likeness (QED) is 0.462. The molecule has 0 aliphatic rings. The topological polar surface area (TPSA) is 88.4 Å². The lowest BCUT2D eigenvalue weighted by atomic mass is 10.1. The van der Waals surface area contributed by atoms with Gasteiger partial charge in [-0.2, -0.15) is 5.26 Å². The molecule has 138 valence electrons. The number of nitrogens with one attached hydrogen (secondary N) is 1. The van der Waals surface area contributed by atoms with Gasteiger partial charge in [0.1, 0.15) is 17.4 Å². The second-order valence-corrected chi connectivity index (χ2v) is 5.60. The highest BCUT2D eigenvalue weighted by Gasteiger charge is 2.11. The van der Waals surface area contributed by atoms with Crippen molar-refractivity contribution in [3.8, 4) is 11.8 Å². The Hall–Kier alpha value is -3.59. The first-order valence-electron chi connectivity index (χ1n) is 8.40. The SMILES string of the molecule is CCOC(=O)COc1ccc(/C=C(\C#N)C(=O)Nc2ccccc2C)cc1. The summed E-state index contributed by atoms with van der Waals surface area (Å²) in [4.78, 5) is 23.6. The molecule has 0 unspecified atom stereocenters. The van der Waals surface area contributed by atoms with E-state index in [9.17, 15) is 14.9 Å². The van der Waals surface area contributed by atoms with Crippen molar-refractivity contribution in [1.82, 2.24) is 0 Å². The molecule has 2 aromatic carbocycles. The third-order valence-corrected chi connectivity index (χ3v) is 3.61. The number of esters is 1. The second-order valence-electron chi connectivity index (χ2n) is 5.60. The molecule has 0 spiro atoms. The maximum Gasteiger partial charge on any atom is 0.344 e. The Morgan fingerprint density at radius 2 is 1.85 bits per heavy atom. The van der Waals surface area contributed by atoms with E-state index in [0.717, 1.165) is 5.56 Å². The van der Waals surface area contributed by atoms with Crippen molar-refractivity contribution in [2.24, 2.45) is 0 Å². The molecule has 0 aromatic heterocycles. The van der Waals surface area contributed by atoms with Gasteiger partial charge in [-0.1, -0.05) is 30.3 Å². The van der Waals surface area contributed by atoms with E-state index >= 15 is 0 Å². The summed E-state index contributed by atoms with van der Waals surface area (Å²) in [6, 6.07) is 15.9. The number of nitriles is 1. The van der Waals surface area contributed by atoms with E-state index in [1.807, 2.05) is 31.2 Å². The minimum atomic E-state index is -0.477. The molecule has 0 radical (unpaired) electrons. The van der Waals surface area contributed by atoms with Crippen molar-refractivity contribution in [2.75, 3.05) is 18.5 Å². The first kappa shape index (κ1) is 19.7. The molecular weight excluding hydrogens is 344 g/mol. The predicted octanol–water partition coefficient (Wildman–Crippen LogP) is 3.48. The number of rotatable bonds is 7. The van der Waals surface area contributed by atoms with E-state index in [0.29, 0.717) is 23.6 Å². The summed E-state index contributed by atoms with van der Waals surface area (Å²) in [7, 11) is 0. The van der Waals surface area contributed by atoms with Crippen LogP contribution in [0.2, 0.25) is 0 Å². The lowest BCUT2D eigenvalue weighted by Gasteiger charge is -2.08. The van der Waals surface area contributed by atoms with Gasteiger partial charge in [-0.25, -0.2) is 4.79 Å². The van der Waals surface area contributed by atoms with Gasteiger partial charge in [-0.15, -0.1) is 0 Å². The van der Waals surface area contributed by atoms with E-state index in [1.165, 1.54) is 6.08 Å². The Kier molecular flexibility index (Phi) is 7.15. The highest BCUT2D eigenvalue weighted by atomic mass is 16.6. The van der Waals surface area contributed by atoms with Gasteiger partial charge in [-0.05, 0) is 49.2 Å². The molecule has 6 nitrogen and oxygen atoms in total. The smallest absolute Gasteiger partial charge is 0.344 e. The van der Waals surface area contributed by atoms with Gasteiger partial charge in [0, 0.05) is 5.69 Å². The first-order valence-corrected chi connectivity index (χ1v) is 8.40. The van der Waals surface area contributed by atoms with Crippen LogP contribution in [0.25, 0.3) is 6.08 Å². The Labute approximate surface area is 158 Å². The van der Waals surface area contributed by atoms with Gasteiger partial charge in [0.15, 0.2) is 6.61 Å². The van der Waals surface area contributed by atoms with Gasteiger partial charge in [-0.3, -0.25) is 4.79 Å². The van der Waals surface area contributed by atoms with Crippen LogP contribution >= 0.6 is 0 Å². The van der Waals surface area contributed by atoms with E-state index in [4.69, 9.17) is 9.47 Å². The van der Waals surface area contributed by atoms with Crippen molar-refractivity contribution in [3.63, 3.8) is 0 Å². The Morgan fingerprint density at radius 1 is 1.15 bits per heavy atom. The molecule has 0 heterocycles. The molecule has 27 heavy (non-hydrogen) atoms. The Balaban J connectivity index is 2.04. The van der Waals surface area contributed by atoms with Crippen molar-refractivity contribution in [2.45, 2.75) is 13.8 Å². The van der Waals surface area contributed by atoms with Gasteiger partial charge in [0.05, 0.1) is 6.61 Å². The number of aryl methyl sites for hydroxylation is 1. The number of amides is 1. The number of hydrogen-bond acceptors (Lipinski definition) is 5. The van der Waals surface area contributed by atoms with E-state index in [-0.39, 0.29) is 12.2 Å². The van der Waals surface area contributed by atoms with Crippen LogP contribution in [0, 0.1) is 18.3 Å². The van der Waals surface area contributed by atoms with Crippen LogP contribution in [-0.4, -0.2) is 25.1 Å². The minimum Gasteiger partial charge on any atom is -0.482 e. The minimum absolute atomic E-state index is 0.0153. The van der Waals surface area contributed by atoms with E-state index in [2.05, 4.69) is 5.32 Å². The largest absolute Gasteiger partial charge is 0.482 e. The summed E-state index contributed by atoms with van der Waals surface area (Å²) in [6.07, 6.45) is 1.49. The standard InChI is InChI=1S/C21H20N2O4/c1-3-26-20(24)14-27-18-10-8-16(9-11-18)12-17(13-22)21(25)23-19-7-5-4-6-15(19)2/h4-12H,3,14H2,1-2H3,(H,23,25)/b17-12+. The van der Waals surface area contributed by atoms with Crippen LogP contribution in [0.1, 0.15) is 18.1 Å². The zero-order valence-electron chi connectivity index (χ0n) is 15.2. The summed E-state index contributed by atoms with van der Waals surface area (Å²) >= 11 is 0. The average Bonchev–Trinajstić information content (AvgIpc) is 2.67. The molecule has 1 N–H and O–H groups in total. The molecule has 6 heteroatoms. The number of ether oxygens (including phenoxy) is 2. The fourth-order valence-electron chi connectivity index (χ4n) is 2.22. The number of carbonyl (C=O) groups excluding carboxylic acids is 2. The summed E-state index contributed by atoms with van der Waals surface area (Å²) in [5.74, 6) is -0.432. The summed E-state index contributed by atoms with van der Waals surface area (Å²) < 4.78 is 10.1. The monoisotopic (exact) mass is 364 g/mol. The van der Waals surface area contributed by atoms with Gasteiger partial charge < -0.3 is 14.8 Å². The van der Waals surface area contributed by atoms with Crippen LogP contribution in [0.3, 0.4) is 0 Å². The van der Waals surface area contributed by atoms with Crippen LogP contribution in [-0.2, 0) is 14.3 Å². The Bertz CT molecular complexity index is 880. The van der Waals surface area contributed by atoms with Crippen molar-refractivity contribution in [1.29, 1.82) is 5.26 Å². The Morgan fingerprint density at radius 3 is 2.48 bits per heavy atom. The molecule has 0 aliphatic carbocycles. The number of carbonyl (C=O) groups is 2. The molecule has 0 atom stereocenters. The lowest BCUT2D eigenvalue weighted by molar-refractivity contribution is -0.145. The summed E-state index contributed by atoms with van der Waals surface area (Å²) in [5, 5.41) is 12.0. The number of hydrogen-bond donors (Lipinski definition) is 1. The number of nitrogens with zero attached hydrogens (tertiary/aromatic N) is 1. The zero-order valence-corrected chi connectivity index (χ0v) is 15.2. The highest BCUT2D eigenvalue weighted by Crippen LogP contribution is 2.17. The normalized spacial score (nSPS) is 10.6. The van der Waals surface area contributed by atoms with Gasteiger partial charge in [0.2, 0.25) is 0 Å². The maximum atomic E-state index is 12.3. The van der Waals surface area contributed by atoms with Crippen LogP contribution in [0.5, 0.6) is 5.75 Å². The molecule has 2 aromatic rings. The maximum absolute atomic E-state index is 12.3. The van der Waals surface area contributed by atoms with Crippen LogP contribution in [0.4, 0.5) is 5.69 Å². The van der Waals surface area contributed by atoms with Gasteiger partial charge >= 0.3 is 5.97 Å². The molecule has 2 rings (SSSR count). The van der Waals surface area contributed by atoms with Crippen molar-refractivity contribution in [3.05, 3.63) is 65.2 Å². The summed E-state index contributed by atoms with van der Waals surface area (Å²) in [6.45, 7) is 3.72. The first-order chi connectivity index (χ1) is 13.0. The second kappa shape index (κ2) is 9.78. The summed E-state index contributed by atoms with van der Waals surface area (Å²) in [5.41, 5.74) is 2.21. The van der Waals surface area contributed by atoms with Crippen molar-refractivity contribution < 1.29 is 19.1 Å². The predicted molar refractivity (Wildman–Crippen MR) is 102 cm³/mol. The lowest BCUT2D eigenvalue weighted by Crippen LogP contribution is -2.14. The fourth-order valence-corrected chi connectivity index (χ4v) is 2.22. The number of para-hydroxylation sites is 1. The molecule has 0 bridgehead atoms. The number of anilines is 1. The van der Waals surface area contributed by atoms with E-state index < -0.39 is 11.9 Å². The molecular formula is C21H20N2O4. The fraction of sp³-hybridized carbons (Fsp3) is 0.190. The molecule has 0 saturated carbocycles. The molecule has 0 fully saturated rings. The highest BCUT2D eigenvalue weighted by molar-refractivity contribution is 6.09. The third-order valence-electron chi connectivity index (χ3n) is 3.61. The number of benzene rings is 2. The van der Waals surface area contributed by atoms with E-state index in [1.54, 1.807) is 37.3 Å². The zero-order chi connectivity index (χ0) is 19.6. The molecule has 0 saturated heterocycles. The van der Waals surface area contributed by atoms with Crippen LogP contribution < -0.4 is 10.1 Å². The molecule has 1 amide bonds.